The average Bonchev–Trinajstić information content (AvgIpc) is 3.56. The van der Waals surface area contributed by atoms with Gasteiger partial charge in [0.15, 0.2) is 0 Å². The van der Waals surface area contributed by atoms with Gasteiger partial charge in [-0.1, -0.05) is 36.8 Å². The minimum Gasteiger partial charge on any atom is -0.379 e. The van der Waals surface area contributed by atoms with Crippen LogP contribution in [0.3, 0.4) is 0 Å². The van der Waals surface area contributed by atoms with Crippen molar-refractivity contribution in [3.8, 4) is 0 Å². The van der Waals surface area contributed by atoms with Crippen LogP contribution < -0.4 is 21.4 Å². The predicted molar refractivity (Wildman–Crippen MR) is 166 cm³/mol. The van der Waals surface area contributed by atoms with Crippen molar-refractivity contribution < 1.29 is 33.3 Å². The summed E-state index contributed by atoms with van der Waals surface area (Å²) in [5.41, 5.74) is 3.74. The van der Waals surface area contributed by atoms with Crippen molar-refractivity contribution in [3.05, 3.63) is 35.9 Å². The summed E-state index contributed by atoms with van der Waals surface area (Å²) < 4.78 is 21.8. The van der Waals surface area contributed by atoms with Crippen molar-refractivity contribution in [1.82, 2.24) is 21.4 Å². The molecule has 2 heterocycles. The van der Waals surface area contributed by atoms with Crippen molar-refractivity contribution in [1.29, 1.82) is 0 Å². The third-order valence-electron chi connectivity index (χ3n) is 6.92. The maximum atomic E-state index is 12.0. The molecule has 2 aliphatic heterocycles. The van der Waals surface area contributed by atoms with Crippen LogP contribution in [0.2, 0.25) is 0 Å². The number of ether oxygens (including phenoxy) is 4. The van der Waals surface area contributed by atoms with E-state index in [1.165, 1.54) is 5.56 Å². The number of hydrogen-bond acceptors (Lipinski definition) is 9. The molecule has 0 aromatic heterocycles. The number of hydrogen-bond donors (Lipinski definition) is 4. The van der Waals surface area contributed by atoms with E-state index in [4.69, 9.17) is 18.9 Å². The number of rotatable bonds is 24. The molecule has 0 unspecified atom stereocenters. The van der Waals surface area contributed by atoms with E-state index in [1.54, 1.807) is 6.21 Å². The van der Waals surface area contributed by atoms with Gasteiger partial charge in [-0.15, -0.1) is 0 Å². The lowest BCUT2D eigenvalue weighted by Crippen LogP contribution is -2.36. The Hall–Kier alpha value is -2.71. The highest BCUT2D eigenvalue weighted by Gasteiger charge is 2.42. The van der Waals surface area contributed by atoms with Crippen LogP contribution in [-0.2, 0) is 35.0 Å². The van der Waals surface area contributed by atoms with Crippen LogP contribution in [0.15, 0.2) is 35.4 Å². The van der Waals surface area contributed by atoms with Crippen LogP contribution in [0, 0.1) is 0 Å². The summed E-state index contributed by atoms with van der Waals surface area (Å²) >= 11 is 1.90. The normalized spacial score (nSPS) is 19.3. The number of urea groups is 1. The number of amides is 4. The number of unbranched alkanes of at least 4 members (excludes halogenated alkanes) is 1. The lowest BCUT2D eigenvalue weighted by atomic mass is 10.0. The van der Waals surface area contributed by atoms with Crippen molar-refractivity contribution in [2.45, 2.75) is 62.3 Å². The highest BCUT2D eigenvalue weighted by molar-refractivity contribution is 8.00. The van der Waals surface area contributed by atoms with E-state index >= 15 is 0 Å². The summed E-state index contributed by atoms with van der Waals surface area (Å²) in [5, 5.41) is 13.2. The monoisotopic (exact) mass is 621 g/mol. The smallest absolute Gasteiger partial charge is 0.315 e. The van der Waals surface area contributed by atoms with E-state index in [9.17, 15) is 14.4 Å². The molecule has 1 aromatic rings. The van der Waals surface area contributed by atoms with Gasteiger partial charge in [0, 0.05) is 30.2 Å². The van der Waals surface area contributed by atoms with E-state index < -0.39 is 0 Å². The zero-order valence-electron chi connectivity index (χ0n) is 24.9. The molecule has 12 nitrogen and oxygen atoms in total. The summed E-state index contributed by atoms with van der Waals surface area (Å²) in [4.78, 5) is 35.2. The van der Waals surface area contributed by atoms with Gasteiger partial charge in [0.1, 0.15) is 0 Å². The molecule has 13 heteroatoms. The summed E-state index contributed by atoms with van der Waals surface area (Å²) in [6, 6.07) is 10.5. The molecule has 2 saturated heterocycles. The van der Waals surface area contributed by atoms with Crippen LogP contribution in [0.4, 0.5) is 4.79 Å². The number of benzene rings is 1. The molecule has 0 spiro atoms. The zero-order chi connectivity index (χ0) is 30.4. The van der Waals surface area contributed by atoms with Crippen molar-refractivity contribution in [2.75, 3.05) is 65.2 Å². The third kappa shape index (κ3) is 15.5. The molecule has 0 saturated carbocycles. The first kappa shape index (κ1) is 34.8. The number of hydrazone groups is 1. The molecule has 3 rings (SSSR count). The molecule has 0 aliphatic carbocycles. The van der Waals surface area contributed by atoms with Gasteiger partial charge in [-0.25, -0.2) is 10.2 Å². The maximum Gasteiger partial charge on any atom is 0.315 e. The summed E-state index contributed by atoms with van der Waals surface area (Å²) in [7, 11) is 0. The molecular formula is C30H47N5O7S. The molecule has 240 valence electrons. The average molecular weight is 622 g/mol. The Morgan fingerprint density at radius 1 is 0.884 bits per heavy atom. The second-order valence-corrected chi connectivity index (χ2v) is 11.6. The van der Waals surface area contributed by atoms with Gasteiger partial charge in [-0.3, -0.25) is 9.59 Å². The molecule has 0 bridgehead atoms. The number of thioether (sulfide) groups is 1. The Morgan fingerprint density at radius 3 is 2.33 bits per heavy atom. The van der Waals surface area contributed by atoms with E-state index in [1.807, 2.05) is 30.0 Å². The predicted octanol–water partition coefficient (Wildman–Crippen LogP) is 2.02. The topological polar surface area (TPSA) is 149 Å². The van der Waals surface area contributed by atoms with Gasteiger partial charge in [0.05, 0.1) is 71.4 Å². The standard InChI is InChI=1S/C30H47N5O7S/c36-27(11-5-4-10-26-29-25(23-43-26)33-30(38)34-29)31-14-16-40-18-20-42-22-21-41-19-17-39-15-12-28(37)35-32-13-6-9-24-7-2-1-3-8-24/h1-3,7-8,13,25-26,29H,4-6,9-12,14-23H2,(H,31,36)(H,35,37)(H2,33,34,38)/b32-13+/t25-,26-,29-/m0/s1. The molecular weight excluding hydrogens is 574 g/mol. The van der Waals surface area contributed by atoms with Crippen LogP contribution in [0.5, 0.6) is 0 Å². The first-order valence-corrected chi connectivity index (χ1v) is 16.3. The Labute approximate surface area is 258 Å². The summed E-state index contributed by atoms with van der Waals surface area (Å²) in [6.07, 6.45) is 6.92. The van der Waals surface area contributed by atoms with Crippen LogP contribution >= 0.6 is 11.8 Å². The number of carbonyl (C=O) groups excluding carboxylic acids is 3. The number of aryl methyl sites for hydroxylation is 1. The van der Waals surface area contributed by atoms with Crippen LogP contribution in [0.25, 0.3) is 0 Å². The Kier molecular flexibility index (Phi) is 17.7. The molecule has 2 fully saturated rings. The zero-order valence-corrected chi connectivity index (χ0v) is 25.7. The Bertz CT molecular complexity index is 971. The molecule has 3 atom stereocenters. The largest absolute Gasteiger partial charge is 0.379 e. The lowest BCUT2D eigenvalue weighted by molar-refractivity contribution is -0.122. The van der Waals surface area contributed by atoms with Gasteiger partial charge in [0.25, 0.3) is 0 Å². The molecule has 43 heavy (non-hydrogen) atoms. The van der Waals surface area contributed by atoms with E-state index in [0.29, 0.717) is 71.1 Å². The molecule has 0 radical (unpaired) electrons. The molecule has 1 aromatic carbocycles. The Balaban J connectivity index is 0.987. The van der Waals surface area contributed by atoms with Gasteiger partial charge in [-0.05, 0) is 31.2 Å². The SMILES string of the molecule is O=C(CCCC[C@@H]1SC[C@@H]2NC(=O)N[C@@H]21)NCCOCCOCCOCCOCCC(=O)N/N=C/CCc1ccccc1. The van der Waals surface area contributed by atoms with Gasteiger partial charge < -0.3 is 34.9 Å². The number of nitrogens with one attached hydrogen (secondary N) is 4. The van der Waals surface area contributed by atoms with Gasteiger partial charge in [-0.2, -0.15) is 16.9 Å². The third-order valence-corrected chi connectivity index (χ3v) is 8.43. The number of fused-ring (bicyclic) bond motifs is 1. The van der Waals surface area contributed by atoms with Gasteiger partial charge in [0.2, 0.25) is 11.8 Å². The first-order chi connectivity index (χ1) is 21.1. The fraction of sp³-hybridized carbons (Fsp3) is 0.667. The van der Waals surface area contributed by atoms with Crippen molar-refractivity contribution in [2.24, 2.45) is 5.10 Å². The van der Waals surface area contributed by atoms with Crippen molar-refractivity contribution >= 4 is 35.8 Å². The second kappa shape index (κ2) is 21.9. The van der Waals surface area contributed by atoms with Crippen LogP contribution in [0.1, 0.15) is 44.1 Å². The fourth-order valence-corrected chi connectivity index (χ4v) is 6.21. The van der Waals surface area contributed by atoms with E-state index in [2.05, 4.69) is 38.6 Å². The molecule has 4 amide bonds. The minimum absolute atomic E-state index is 0.0383. The Morgan fingerprint density at radius 2 is 1.58 bits per heavy atom. The highest BCUT2D eigenvalue weighted by atomic mass is 32.2. The van der Waals surface area contributed by atoms with Crippen molar-refractivity contribution in [3.63, 3.8) is 0 Å². The van der Waals surface area contributed by atoms with E-state index in [0.717, 1.165) is 37.9 Å². The molecule has 4 N–H and O–H groups in total. The summed E-state index contributed by atoms with van der Waals surface area (Å²) in [5.74, 6) is 0.815. The quantitative estimate of drug-likeness (QED) is 0.0593. The van der Waals surface area contributed by atoms with Gasteiger partial charge >= 0.3 is 6.03 Å². The fourth-order valence-electron chi connectivity index (χ4n) is 4.67. The van der Waals surface area contributed by atoms with Crippen LogP contribution in [-0.4, -0.2) is 107 Å². The number of nitrogens with zero attached hydrogens (tertiary/aromatic N) is 1. The first-order valence-electron chi connectivity index (χ1n) is 15.2. The summed E-state index contributed by atoms with van der Waals surface area (Å²) in [6.45, 7) is 3.86. The second-order valence-electron chi connectivity index (χ2n) is 10.3. The minimum atomic E-state index is -0.182. The highest BCUT2D eigenvalue weighted by Crippen LogP contribution is 2.33. The maximum absolute atomic E-state index is 12.0. The molecule has 2 aliphatic rings. The lowest BCUT2D eigenvalue weighted by Gasteiger charge is -2.16. The number of carbonyl (C=O) groups is 3. The van der Waals surface area contributed by atoms with E-state index in [-0.39, 0.29) is 36.3 Å².